The first-order valence-electron chi connectivity index (χ1n) is 35.8. The number of imidazole rings is 2. The zero-order chi connectivity index (χ0) is 87.1. The van der Waals surface area contributed by atoms with Crippen molar-refractivity contribution < 1.29 is 109 Å². The van der Waals surface area contributed by atoms with E-state index in [2.05, 4.69) is 103 Å². The first-order chi connectivity index (χ1) is 54.9. The van der Waals surface area contributed by atoms with Crippen molar-refractivity contribution >= 4 is 124 Å². The van der Waals surface area contributed by atoms with E-state index in [1.165, 1.54) is 0 Å². The summed E-state index contributed by atoms with van der Waals surface area (Å²) >= 11 is 0. The number of aromatic hydroxyl groups is 1. The first-order valence-corrected chi connectivity index (χ1v) is 38.4. The molecule has 11 aromatic rings. The number of phenols is 1. The summed E-state index contributed by atoms with van der Waals surface area (Å²) in [4.78, 5) is 36.4. The van der Waals surface area contributed by atoms with E-state index in [-0.39, 0.29) is 54.5 Å². The number of halogens is 3. The van der Waals surface area contributed by atoms with E-state index in [0.29, 0.717) is 55.2 Å². The summed E-state index contributed by atoms with van der Waals surface area (Å²) in [6.07, 6.45) is 14.6. The van der Waals surface area contributed by atoms with Crippen molar-refractivity contribution in [3.8, 4) is 5.75 Å². The lowest BCUT2D eigenvalue weighted by molar-refractivity contribution is -0.870. The number of hydrazone groups is 1. The molecule has 0 amide bonds. The summed E-state index contributed by atoms with van der Waals surface area (Å²) in [5.74, 6) is 1.39. The van der Waals surface area contributed by atoms with E-state index in [9.17, 15) is 40.6 Å². The minimum Gasteiger partial charge on any atom is -1.00 e. The van der Waals surface area contributed by atoms with E-state index in [1.807, 2.05) is 238 Å². The molecule has 3 aromatic heterocycles. The van der Waals surface area contributed by atoms with Gasteiger partial charge in [-0.2, -0.15) is 10.2 Å². The molecule has 120 heavy (non-hydrogen) atoms. The van der Waals surface area contributed by atoms with Crippen LogP contribution in [0.25, 0.3) is 10.8 Å². The number of anilines is 6. The van der Waals surface area contributed by atoms with Crippen LogP contribution in [0.4, 0.5) is 74.5 Å². The number of nitro groups is 1. The number of nitrogen functional groups attached to an aromatic ring is 3. The Hall–Kier alpha value is -12.1. The zero-order valence-corrected chi connectivity index (χ0v) is 73.9. The van der Waals surface area contributed by atoms with Gasteiger partial charge in [0.25, 0.3) is 0 Å². The largest absolute Gasteiger partial charge is 1.00 e. The van der Waals surface area contributed by atoms with Crippen molar-refractivity contribution in [3.05, 3.63) is 257 Å². The van der Waals surface area contributed by atoms with Gasteiger partial charge in [0.1, 0.15) is 35.5 Å². The number of aryl methyl sites for hydroxylation is 6. The van der Waals surface area contributed by atoms with E-state index in [4.69, 9.17) is 27.3 Å². The molecule has 12 rings (SSSR count). The third-order valence-electron chi connectivity index (χ3n) is 16.6. The van der Waals surface area contributed by atoms with Crippen molar-refractivity contribution in [1.82, 2.24) is 13.6 Å². The Kier molecular flexibility index (Phi) is 42.2. The maximum Gasteiger partial charge on any atom is 0.421 e. The third kappa shape index (κ3) is 34.9. The lowest BCUT2D eigenvalue weighted by Crippen LogP contribution is -3.00. The predicted molar refractivity (Wildman–Crippen MR) is 455 cm³/mol. The van der Waals surface area contributed by atoms with E-state index < -0.39 is 25.7 Å². The van der Waals surface area contributed by atoms with Crippen LogP contribution in [0, 0.1) is 17.0 Å². The summed E-state index contributed by atoms with van der Waals surface area (Å²) in [5.41, 5.74) is 29.6. The minimum atomic E-state index is -4.41. The Labute approximate surface area is 719 Å². The highest BCUT2D eigenvalue weighted by Gasteiger charge is 2.34. The smallest absolute Gasteiger partial charge is 0.421 e. The Balaban J connectivity index is 0.000000487. The summed E-state index contributed by atoms with van der Waals surface area (Å²) in [6.45, 7) is 3.61. The number of nitrogens with two attached hydrogens (primary N) is 3. The average molecular weight is 1750 g/mol. The number of fused-ring (bicyclic) bond motifs is 3. The van der Waals surface area contributed by atoms with Crippen LogP contribution in [0.1, 0.15) is 49.4 Å². The fourth-order valence-electron chi connectivity index (χ4n) is 10.3. The van der Waals surface area contributed by atoms with Crippen LogP contribution in [0.15, 0.2) is 249 Å². The Morgan fingerprint density at radius 3 is 1.43 bits per heavy atom. The molecule has 0 unspecified atom stereocenters. The van der Waals surface area contributed by atoms with Gasteiger partial charge < -0.3 is 83.3 Å². The van der Waals surface area contributed by atoms with Gasteiger partial charge in [0.05, 0.1) is 145 Å². The molecule has 0 radical (unpaired) electrons. The number of hydrogen-bond acceptors (Lipinski definition) is 26. The number of carbonyl (C=O) groups is 2. The number of aromatic nitrogens is 5. The normalized spacial score (nSPS) is 11.4. The van der Waals surface area contributed by atoms with Crippen LogP contribution in [0.5, 0.6) is 5.75 Å². The molecule has 0 fully saturated rings. The monoisotopic (exact) mass is 1750 g/mol. The van der Waals surface area contributed by atoms with Gasteiger partial charge in [-0.15, -0.1) is 5.11 Å². The minimum absolute atomic E-state index is 0. The number of rotatable bonds is 18. The predicted octanol–water partition coefficient (Wildman–Crippen LogP) is 2.85. The standard InChI is InChI=1S/C21H25N3O2.C19H20N4O.C14H16N3.C13H18N5.C11H13N5.CH3NO2.2CH4O4S.3ClH/c1-13-12-16(23-10-7-11-24(2,3)4)17-18(19(13)22)21(26)15-9-6-5-8-14(15)20(17)25;1-23(2,3)16-10-4-13-5-11-18(24)19(17(13)12-16)22-21-15-8-6-14(20)7-9-15;1-16-10-8-13(9-11-16)12-15-17(2)14-6-4-3-5-7-14;1-16(2)12-7-5-11(6-8-12)14-15-13-17(3)9-10-18(13)4;1-15-7-8-16(2)11(15)14-13-10-5-3-9(12)4-6-10;1-2(3)4;2*1-5-6(2,3)4;;;/h5-6,8-9,12H,7,10-11H2,1-4H3,(H2-,22,23,25,26);4-12H,1-3H3,(H2-,20,21,22,24);3-12H,1-2H3;5-10H,1-4H3;3-8,12H,1-2H3;1H3;2*1H3,(H,2,3,4);3*1H/q;;2*+1;;;;;;;/p-2. The molecule has 34 nitrogen and oxygen atoms in total. The van der Waals surface area contributed by atoms with E-state index in [0.717, 1.165) is 113 Å². The average Bonchev–Trinajstić information content (AvgIpc) is 0.779. The van der Waals surface area contributed by atoms with Crippen molar-refractivity contribution in [3.63, 3.8) is 0 Å². The number of para-hydroxylation sites is 1. The highest BCUT2D eigenvalue weighted by Crippen LogP contribution is 2.40. The molecule has 0 spiro atoms. The van der Waals surface area contributed by atoms with Gasteiger partial charge in [-0.25, -0.2) is 39.7 Å². The number of azo groups is 3. The van der Waals surface area contributed by atoms with Crippen molar-refractivity contribution in [1.29, 1.82) is 0 Å². The van der Waals surface area contributed by atoms with Crippen molar-refractivity contribution in [2.24, 2.45) is 71.0 Å². The highest BCUT2D eigenvalue weighted by molar-refractivity contribution is 7.81. The third-order valence-corrected chi connectivity index (χ3v) is 17.5. The van der Waals surface area contributed by atoms with Crippen LogP contribution >= 0.6 is 0 Å². The fraction of sp³-hybridized carbons (Fsp3) is 0.259. The molecule has 8 N–H and O–H groups in total. The molecule has 3 heterocycles. The lowest BCUT2D eigenvalue weighted by Gasteiger charge is -2.25. The molecule has 0 saturated heterocycles. The Bertz CT molecular complexity index is 5430. The van der Waals surface area contributed by atoms with Gasteiger partial charge in [-0.1, -0.05) is 58.8 Å². The fourth-order valence-corrected chi connectivity index (χ4v) is 10.3. The summed E-state index contributed by atoms with van der Waals surface area (Å²) < 4.78 is 73.3. The molecule has 1 aliphatic rings. The summed E-state index contributed by atoms with van der Waals surface area (Å²) in [6, 6.07) is 55.0. The molecule has 1 aliphatic carbocycles. The number of pyridine rings is 1. The molecular weight excluding hydrogens is 1650 g/mol. The molecule has 8 aromatic carbocycles. The van der Waals surface area contributed by atoms with Crippen molar-refractivity contribution in [2.45, 2.75) is 13.3 Å². The second kappa shape index (κ2) is 48.7. The number of ketones is 2. The second-order valence-corrected chi connectivity index (χ2v) is 30.4. The van der Waals surface area contributed by atoms with Crippen LogP contribution < -0.4 is 87.8 Å². The van der Waals surface area contributed by atoms with Gasteiger partial charge in [0, 0.05) is 118 Å². The zero-order valence-electron chi connectivity index (χ0n) is 70.0. The highest BCUT2D eigenvalue weighted by atomic mass is 35.5. The van der Waals surface area contributed by atoms with Crippen LogP contribution in [-0.4, -0.2) is 165 Å². The topological polar surface area (TPSA) is 435 Å². The van der Waals surface area contributed by atoms with Gasteiger partial charge in [-0.05, 0) is 127 Å². The quantitative estimate of drug-likeness (QED) is 0.00787. The number of quaternary nitrogens is 2. The number of carbonyl (C=O) groups excluding carboxylic acids is 2. The first kappa shape index (κ1) is 104. The molecule has 0 bridgehead atoms. The molecule has 0 aliphatic heterocycles. The van der Waals surface area contributed by atoms with Gasteiger partial charge in [-0.3, -0.25) is 37.6 Å². The van der Waals surface area contributed by atoms with E-state index in [1.54, 1.807) is 66.7 Å². The maximum absolute atomic E-state index is 13.1. The number of benzene rings is 8. The van der Waals surface area contributed by atoms with Crippen LogP contribution in [0.2, 0.25) is 0 Å². The maximum atomic E-state index is 13.1. The molecular formula is C81H104Cl3N21O13S2. The lowest BCUT2D eigenvalue weighted by atomic mass is 9.81. The van der Waals surface area contributed by atoms with Crippen molar-refractivity contribution in [2.75, 3.05) is 130 Å². The van der Waals surface area contributed by atoms with Gasteiger partial charge in [0.2, 0.25) is 20.8 Å². The summed E-state index contributed by atoms with van der Waals surface area (Å²) in [7, 11) is 22.1. The molecule has 644 valence electrons. The number of hydrogen-bond donors (Lipinski definition) is 5. The Morgan fingerprint density at radius 2 is 1.02 bits per heavy atom. The van der Waals surface area contributed by atoms with Gasteiger partial charge in [0.15, 0.2) is 31.0 Å². The summed E-state index contributed by atoms with van der Waals surface area (Å²) in [5, 5.41) is 55.8. The molecule has 39 heteroatoms. The number of nitrogens with one attached hydrogen (secondary N) is 1. The number of nitrogens with zero attached hydrogens (tertiary/aromatic N) is 17. The molecule has 0 saturated carbocycles. The SMILES string of the molecule is CN(/N=C/c1cc[n+](C)cc1)c1ccccc1.CN(C)c1ccc(N=Nc2n(C)cc[n+]2C)cc1.COS(=O)(=O)[O-].COS(=O)(=O)[O-].C[N+](=O)[O-].C[N+](C)(C)c1ccc2ccc(O)c(N=Nc3ccc(N)cc3)c2c1.Cc1cc(NCCC[N+](C)(C)C)c2c(c1N)C(=O)c1ccccc1C2=O.Cn1cc[n+](C)c1N=Nc1ccc(N)cc1.[Cl-].[Cl-].[Cl-]. The van der Waals surface area contributed by atoms with Crippen LogP contribution in [-0.2, 0) is 64.4 Å². The number of phenolic OH excluding ortho intramolecular Hbond substituents is 1. The Morgan fingerprint density at radius 1 is 0.592 bits per heavy atom. The van der Waals surface area contributed by atoms with E-state index >= 15 is 0 Å². The molecule has 0 atom stereocenters. The van der Waals surface area contributed by atoms with Gasteiger partial charge >= 0.3 is 11.9 Å². The van der Waals surface area contributed by atoms with Crippen LogP contribution in [0.3, 0.4) is 0 Å². The second-order valence-electron chi connectivity index (χ2n) is 28.1.